The van der Waals surface area contributed by atoms with Gasteiger partial charge in [-0.05, 0) is 83.1 Å². The number of carbonyl (C=O) groups excluding carboxylic acids is 3. The van der Waals surface area contributed by atoms with E-state index in [9.17, 15) is 19.2 Å². The summed E-state index contributed by atoms with van der Waals surface area (Å²) in [7, 11) is 4.85. The molecule has 0 saturated heterocycles. The minimum Gasteiger partial charge on any atom is -0.496 e. The highest BCUT2D eigenvalue weighted by Crippen LogP contribution is 2.43. The van der Waals surface area contributed by atoms with Gasteiger partial charge in [-0.2, -0.15) is 0 Å². The van der Waals surface area contributed by atoms with Gasteiger partial charge in [0.2, 0.25) is 18.2 Å². The highest BCUT2D eigenvalue weighted by molar-refractivity contribution is 6.07. The second-order valence-corrected chi connectivity index (χ2v) is 17.3. The Kier molecular flexibility index (Phi) is 13.5. The summed E-state index contributed by atoms with van der Waals surface area (Å²) in [5.41, 5.74) is 8.36. The number of benzene rings is 2. The zero-order valence-corrected chi connectivity index (χ0v) is 41.0. The lowest BCUT2D eigenvalue weighted by molar-refractivity contribution is -0.122. The van der Waals surface area contributed by atoms with Crippen molar-refractivity contribution in [1.29, 1.82) is 0 Å². The third-order valence-electron chi connectivity index (χ3n) is 12.7. The highest BCUT2D eigenvalue weighted by atomic mass is 16.5. The first kappa shape index (κ1) is 48.1. The summed E-state index contributed by atoms with van der Waals surface area (Å²) in [6.07, 6.45) is 7.25. The molecular weight excluding hydrogens is 921 g/mol. The van der Waals surface area contributed by atoms with Crippen molar-refractivity contribution in [3.8, 4) is 33.8 Å². The van der Waals surface area contributed by atoms with Gasteiger partial charge >= 0.3 is 5.69 Å². The van der Waals surface area contributed by atoms with Crippen molar-refractivity contribution in [3.05, 3.63) is 130 Å². The van der Waals surface area contributed by atoms with Gasteiger partial charge in [-0.1, -0.05) is 22.4 Å². The Morgan fingerprint density at radius 3 is 1.94 bits per heavy atom. The van der Waals surface area contributed by atoms with Crippen molar-refractivity contribution in [3.63, 3.8) is 0 Å². The van der Waals surface area contributed by atoms with Crippen LogP contribution in [-0.4, -0.2) is 98.5 Å². The molecule has 20 nitrogen and oxygen atoms in total. The number of fused-ring (bicyclic) bond motifs is 4. The molecular formula is C52H52N12O8. The van der Waals surface area contributed by atoms with E-state index in [1.807, 2.05) is 83.1 Å². The first-order chi connectivity index (χ1) is 34.8. The molecule has 20 heteroatoms. The first-order valence-electron chi connectivity index (χ1n) is 23.1. The molecule has 9 aromatic rings. The average Bonchev–Trinajstić information content (AvgIpc) is 4.01. The molecule has 0 aliphatic heterocycles. The molecule has 9 rings (SSSR count). The van der Waals surface area contributed by atoms with Crippen molar-refractivity contribution < 1.29 is 32.9 Å². The lowest BCUT2D eigenvalue weighted by Gasteiger charge is -2.28. The quantitative estimate of drug-likeness (QED) is 0.0701. The van der Waals surface area contributed by atoms with Gasteiger partial charge in [0.25, 0.3) is 0 Å². The number of carbonyl (C=O) groups is 3. The number of aryl methyl sites for hydroxylation is 4. The number of pyridine rings is 4. The van der Waals surface area contributed by atoms with Crippen molar-refractivity contribution in [2.75, 3.05) is 50.7 Å². The van der Waals surface area contributed by atoms with Crippen LogP contribution in [-0.2, 0) is 27.5 Å². The maximum absolute atomic E-state index is 14.5. The summed E-state index contributed by atoms with van der Waals surface area (Å²) in [4.78, 5) is 76.5. The Bertz CT molecular complexity index is 3530. The van der Waals surface area contributed by atoms with Crippen LogP contribution in [0.4, 0.5) is 11.4 Å². The van der Waals surface area contributed by atoms with Crippen molar-refractivity contribution in [2.24, 2.45) is 0 Å². The number of aromatic nitrogens is 8. The highest BCUT2D eigenvalue weighted by Gasteiger charge is 2.27. The van der Waals surface area contributed by atoms with Gasteiger partial charge in [0, 0.05) is 54.4 Å². The Morgan fingerprint density at radius 1 is 0.778 bits per heavy atom. The van der Waals surface area contributed by atoms with E-state index < -0.39 is 17.6 Å². The largest absolute Gasteiger partial charge is 0.496 e. The summed E-state index contributed by atoms with van der Waals surface area (Å²) in [5, 5.41) is 15.2. The minimum atomic E-state index is -0.531. The van der Waals surface area contributed by atoms with E-state index in [2.05, 4.69) is 30.9 Å². The summed E-state index contributed by atoms with van der Waals surface area (Å²) in [6.45, 7) is 9.03. The molecule has 7 aromatic heterocycles. The number of hydrogen-bond acceptors (Lipinski definition) is 15. The topological polar surface area (TPSA) is 231 Å². The molecule has 0 fully saturated rings. The van der Waals surface area contributed by atoms with Crippen molar-refractivity contribution >= 4 is 62.4 Å². The van der Waals surface area contributed by atoms with E-state index in [1.165, 1.54) is 9.47 Å². The van der Waals surface area contributed by atoms with Crippen LogP contribution in [0, 0.1) is 27.7 Å². The Hall–Kier alpha value is -8.94. The van der Waals surface area contributed by atoms with E-state index in [-0.39, 0.29) is 38.6 Å². The van der Waals surface area contributed by atoms with Gasteiger partial charge in [-0.3, -0.25) is 43.5 Å². The van der Waals surface area contributed by atoms with Gasteiger partial charge in [-0.15, -0.1) is 0 Å². The predicted molar refractivity (Wildman–Crippen MR) is 270 cm³/mol. The summed E-state index contributed by atoms with van der Waals surface area (Å²) in [6, 6.07) is 17.8. The third kappa shape index (κ3) is 9.04. The number of rotatable bonds is 18. The summed E-state index contributed by atoms with van der Waals surface area (Å²) >= 11 is 0. The standard InChI is InChI=1S/C52H52N12O8/c1-29-48(32(4)71-59-29)37-19-40-35(21-44(37)69-7)50(62(28-65)25-34-13-9-11-15-53-34)42(23-57-40)61(6)26-46(66)55-17-18-56-47(67)27-63-43-24-58-41-20-38(49-30(2)60-72-33(49)5)45(70-8)22-36(41)51(43)64(52(63)68)31(3)39-14-10-12-16-54-39/h9-16,19-24,28,31H,17-18,25-27H2,1-8H3,(H,55,66)(H,56,67). The van der Waals surface area contributed by atoms with E-state index in [0.717, 1.165) is 28.7 Å². The molecule has 2 aromatic carbocycles. The minimum absolute atomic E-state index is 0.0634. The molecule has 3 amide bonds. The molecule has 72 heavy (non-hydrogen) atoms. The second kappa shape index (κ2) is 20.2. The molecule has 0 radical (unpaired) electrons. The third-order valence-corrected chi connectivity index (χ3v) is 12.7. The number of ether oxygens (including phenoxy) is 2. The van der Waals surface area contributed by atoms with E-state index in [4.69, 9.17) is 28.5 Å². The van der Waals surface area contributed by atoms with Gasteiger partial charge in [-0.25, -0.2) is 4.79 Å². The van der Waals surface area contributed by atoms with Crippen molar-refractivity contribution in [2.45, 2.75) is 53.8 Å². The number of nitrogens with one attached hydrogen (secondary N) is 2. The molecule has 0 saturated carbocycles. The number of imidazole rings is 1. The van der Waals surface area contributed by atoms with Crippen LogP contribution in [0.15, 0.2) is 99.3 Å². The predicted octanol–water partition coefficient (Wildman–Crippen LogP) is 6.39. The molecule has 0 aliphatic carbocycles. The van der Waals surface area contributed by atoms with Crippen LogP contribution in [0.5, 0.6) is 11.5 Å². The SMILES string of the molecule is COc1cc2c(N(C=O)Cc3ccccn3)c(N(C)CC(=O)NCCNC(=O)Cn3c(=O)n(C(C)c4ccccn4)c4c5cc(OC)c(-c6c(C)noc6C)cc5ncc43)cnc2cc1-c1c(C)noc1C. The van der Waals surface area contributed by atoms with Crippen LogP contribution >= 0.6 is 0 Å². The van der Waals surface area contributed by atoms with Gasteiger partial charge in [0.15, 0.2) is 0 Å². The van der Waals surface area contributed by atoms with Gasteiger partial charge in [0.05, 0.1) is 113 Å². The number of likely N-dealkylation sites (N-methyl/N-ethyl adjacent to an activating group) is 1. The van der Waals surface area contributed by atoms with Crippen LogP contribution in [0.2, 0.25) is 0 Å². The van der Waals surface area contributed by atoms with Crippen LogP contribution < -0.4 is 35.6 Å². The number of methoxy groups -OCH3 is 2. The van der Waals surface area contributed by atoms with Crippen molar-refractivity contribution in [1.82, 2.24) is 50.0 Å². The molecule has 0 spiro atoms. The number of nitrogens with zero attached hydrogens (tertiary/aromatic N) is 10. The molecule has 368 valence electrons. The number of hydrogen-bond donors (Lipinski definition) is 2. The summed E-state index contributed by atoms with van der Waals surface area (Å²) < 4.78 is 25.7. The normalized spacial score (nSPS) is 11.8. The summed E-state index contributed by atoms with van der Waals surface area (Å²) in [5.74, 6) is 1.45. The molecule has 2 N–H and O–H groups in total. The maximum Gasteiger partial charge on any atom is 0.330 e. The Labute approximate surface area is 412 Å². The van der Waals surface area contributed by atoms with Crippen LogP contribution in [0.3, 0.4) is 0 Å². The lowest BCUT2D eigenvalue weighted by atomic mass is 9.99. The molecule has 1 unspecified atom stereocenters. The fraction of sp³-hybridized carbons (Fsp3) is 0.269. The Morgan fingerprint density at radius 2 is 1.38 bits per heavy atom. The second-order valence-electron chi connectivity index (χ2n) is 17.3. The molecule has 0 aliphatic rings. The van der Waals surface area contributed by atoms with E-state index in [1.54, 1.807) is 67.7 Å². The smallest absolute Gasteiger partial charge is 0.330 e. The van der Waals surface area contributed by atoms with E-state index >= 15 is 0 Å². The van der Waals surface area contributed by atoms with Crippen LogP contribution in [0.25, 0.3) is 55.1 Å². The molecule has 1 atom stereocenters. The number of anilines is 2. The van der Waals surface area contributed by atoms with Crippen LogP contribution in [0.1, 0.15) is 47.3 Å². The monoisotopic (exact) mass is 972 g/mol. The zero-order chi connectivity index (χ0) is 50.8. The fourth-order valence-electron chi connectivity index (χ4n) is 9.28. The molecule has 0 bridgehead atoms. The first-order valence-corrected chi connectivity index (χ1v) is 23.1. The zero-order valence-electron chi connectivity index (χ0n) is 41.0. The van der Waals surface area contributed by atoms with E-state index in [0.29, 0.717) is 90.0 Å². The van der Waals surface area contributed by atoms with Gasteiger partial charge < -0.3 is 39.0 Å². The lowest BCUT2D eigenvalue weighted by Crippen LogP contribution is -2.41. The fourth-order valence-corrected chi connectivity index (χ4v) is 9.28. The average molecular weight is 973 g/mol. The Balaban J connectivity index is 0.941. The molecule has 7 heterocycles. The maximum atomic E-state index is 14.5. The van der Waals surface area contributed by atoms with Gasteiger partial charge in [0.1, 0.15) is 29.6 Å². The number of amides is 3.